The van der Waals surface area contributed by atoms with Gasteiger partial charge in [0.1, 0.15) is 6.33 Å². The molecule has 3 heterocycles. The molecule has 0 aliphatic heterocycles. The maximum absolute atomic E-state index is 13.3. The second-order valence-corrected chi connectivity index (χ2v) is 7.68. The molecule has 0 spiro atoms. The number of para-hydroxylation sites is 1. The zero-order chi connectivity index (χ0) is 21.3. The summed E-state index contributed by atoms with van der Waals surface area (Å²) in [6.45, 7) is 6.35. The van der Waals surface area contributed by atoms with E-state index in [0.717, 1.165) is 39.0 Å². The third-order valence-electron chi connectivity index (χ3n) is 5.56. The van der Waals surface area contributed by atoms with Gasteiger partial charge in [-0.15, -0.1) is 0 Å². The van der Waals surface area contributed by atoms with Gasteiger partial charge in [-0.05, 0) is 44.9 Å². The summed E-state index contributed by atoms with van der Waals surface area (Å²) in [5.41, 5.74) is 5.95. The second kappa shape index (κ2) is 8.06. The summed E-state index contributed by atoms with van der Waals surface area (Å²) in [6, 6.07) is 9.88. The highest BCUT2D eigenvalue weighted by atomic mass is 16.1. The molecule has 0 bridgehead atoms. The monoisotopic (exact) mass is 400 g/mol. The Labute approximate surface area is 174 Å². The number of fused-ring (bicyclic) bond motifs is 1. The lowest BCUT2D eigenvalue weighted by Crippen LogP contribution is -2.17. The number of hydrogen-bond donors (Lipinski definition) is 1. The Bertz CT molecular complexity index is 1290. The lowest BCUT2D eigenvalue weighted by atomic mass is 9.99. The van der Waals surface area contributed by atoms with E-state index >= 15 is 0 Å². The summed E-state index contributed by atoms with van der Waals surface area (Å²) in [7, 11) is 0. The molecule has 1 aromatic carbocycles. The van der Waals surface area contributed by atoms with Gasteiger partial charge in [0.2, 0.25) is 0 Å². The van der Waals surface area contributed by atoms with E-state index in [9.17, 15) is 9.59 Å². The van der Waals surface area contributed by atoms with Gasteiger partial charge in [-0.25, -0.2) is 9.97 Å². The Morgan fingerprint density at radius 3 is 2.57 bits per heavy atom. The smallest absolute Gasteiger partial charge is 0.251 e. The van der Waals surface area contributed by atoms with Crippen molar-refractivity contribution < 1.29 is 4.79 Å². The van der Waals surface area contributed by atoms with Crippen LogP contribution >= 0.6 is 0 Å². The fraction of sp³-hybridized carbons (Fsp3) is 0.250. The number of nitrogens with zero attached hydrogens (tertiary/aromatic N) is 3. The van der Waals surface area contributed by atoms with Crippen LogP contribution in [0.25, 0.3) is 10.9 Å². The van der Waals surface area contributed by atoms with Crippen LogP contribution in [0.1, 0.15) is 44.9 Å². The first kappa shape index (κ1) is 19.8. The fourth-order valence-corrected chi connectivity index (χ4v) is 4.14. The van der Waals surface area contributed by atoms with E-state index in [0.29, 0.717) is 18.5 Å². The first-order valence-electron chi connectivity index (χ1n) is 10.00. The first-order valence-corrected chi connectivity index (χ1v) is 10.00. The molecular weight excluding hydrogens is 376 g/mol. The normalized spacial score (nSPS) is 11.2. The van der Waals surface area contributed by atoms with Gasteiger partial charge in [0.15, 0.2) is 5.78 Å². The van der Waals surface area contributed by atoms with Crippen LogP contribution in [0.2, 0.25) is 0 Å². The van der Waals surface area contributed by atoms with Gasteiger partial charge in [-0.1, -0.05) is 18.2 Å². The Morgan fingerprint density at radius 2 is 1.83 bits per heavy atom. The van der Waals surface area contributed by atoms with Crippen molar-refractivity contribution in [1.82, 2.24) is 19.5 Å². The lowest BCUT2D eigenvalue weighted by Gasteiger charge is -2.09. The number of aromatic amines is 1. The topological polar surface area (TPSA) is 80.6 Å². The standard InChI is InChI=1S/C24H24N4O2/c1-15-10-16(2)27-24(30)19(15)8-9-22(29)23-17(3)28(13-18-11-25-14-26-12-18)21-7-5-4-6-20(21)23/h4-7,10-12,14H,8-9,13H2,1-3H3,(H,27,30). The van der Waals surface area contributed by atoms with Crippen LogP contribution in [0.4, 0.5) is 0 Å². The molecule has 0 atom stereocenters. The van der Waals surface area contributed by atoms with E-state index in [1.807, 2.05) is 51.1 Å². The molecule has 0 fully saturated rings. The van der Waals surface area contributed by atoms with Crippen molar-refractivity contribution in [1.29, 1.82) is 0 Å². The van der Waals surface area contributed by atoms with Crippen molar-refractivity contribution in [3.8, 4) is 0 Å². The van der Waals surface area contributed by atoms with Gasteiger partial charge in [0, 0.05) is 57.8 Å². The zero-order valence-electron chi connectivity index (χ0n) is 17.4. The van der Waals surface area contributed by atoms with Gasteiger partial charge >= 0.3 is 0 Å². The van der Waals surface area contributed by atoms with Crippen molar-refractivity contribution in [2.45, 2.75) is 40.2 Å². The van der Waals surface area contributed by atoms with Crippen LogP contribution in [-0.4, -0.2) is 25.3 Å². The molecule has 30 heavy (non-hydrogen) atoms. The highest BCUT2D eigenvalue weighted by Gasteiger charge is 2.20. The van der Waals surface area contributed by atoms with Crippen molar-refractivity contribution >= 4 is 16.7 Å². The van der Waals surface area contributed by atoms with Gasteiger partial charge in [-0.2, -0.15) is 0 Å². The minimum Gasteiger partial charge on any atom is -0.340 e. The first-order chi connectivity index (χ1) is 14.5. The average molecular weight is 400 g/mol. The average Bonchev–Trinajstić information content (AvgIpc) is 2.99. The molecule has 0 saturated heterocycles. The summed E-state index contributed by atoms with van der Waals surface area (Å²) in [5.74, 6) is 0.0473. The number of carbonyl (C=O) groups is 1. The Kier molecular flexibility index (Phi) is 5.31. The number of nitrogens with one attached hydrogen (secondary N) is 1. The van der Waals surface area contributed by atoms with Crippen LogP contribution in [-0.2, 0) is 13.0 Å². The number of aryl methyl sites for hydroxylation is 2. The Hall–Kier alpha value is -3.54. The number of carbonyl (C=O) groups excluding carboxylic acids is 1. The molecule has 6 heteroatoms. The van der Waals surface area contributed by atoms with Crippen molar-refractivity contribution in [2.75, 3.05) is 0 Å². The predicted octanol–water partition coefficient (Wildman–Crippen LogP) is 3.91. The molecule has 4 rings (SSSR count). The summed E-state index contributed by atoms with van der Waals surface area (Å²) < 4.78 is 2.13. The van der Waals surface area contributed by atoms with E-state index in [4.69, 9.17) is 0 Å². The van der Waals surface area contributed by atoms with E-state index in [-0.39, 0.29) is 17.8 Å². The fourth-order valence-electron chi connectivity index (χ4n) is 4.14. The summed E-state index contributed by atoms with van der Waals surface area (Å²) in [4.78, 5) is 36.6. The molecule has 1 N–H and O–H groups in total. The molecule has 0 aliphatic carbocycles. The maximum atomic E-state index is 13.3. The highest BCUT2D eigenvalue weighted by Crippen LogP contribution is 2.28. The second-order valence-electron chi connectivity index (χ2n) is 7.68. The molecule has 0 radical (unpaired) electrons. The Balaban J connectivity index is 1.68. The molecule has 0 saturated carbocycles. The van der Waals surface area contributed by atoms with Gasteiger partial charge in [0.05, 0.1) is 6.54 Å². The number of hydrogen-bond acceptors (Lipinski definition) is 4. The SMILES string of the molecule is Cc1cc(C)c(CCC(=O)c2c(C)n(Cc3cncnc3)c3ccccc23)c(=O)[nH]1. The molecule has 6 nitrogen and oxygen atoms in total. The van der Waals surface area contributed by atoms with Crippen LogP contribution in [0.5, 0.6) is 0 Å². The van der Waals surface area contributed by atoms with E-state index < -0.39 is 0 Å². The quantitative estimate of drug-likeness (QED) is 0.498. The molecule has 3 aromatic heterocycles. The lowest BCUT2D eigenvalue weighted by molar-refractivity contribution is 0.0983. The third kappa shape index (κ3) is 3.68. The summed E-state index contributed by atoms with van der Waals surface area (Å²) in [6.07, 6.45) is 5.79. The Morgan fingerprint density at radius 1 is 1.10 bits per heavy atom. The minimum atomic E-state index is -0.108. The van der Waals surface area contributed by atoms with E-state index in [2.05, 4.69) is 19.5 Å². The molecule has 152 valence electrons. The summed E-state index contributed by atoms with van der Waals surface area (Å²) in [5, 5.41) is 0.936. The van der Waals surface area contributed by atoms with Crippen LogP contribution in [0, 0.1) is 20.8 Å². The molecule has 0 aliphatic rings. The van der Waals surface area contributed by atoms with Crippen molar-refractivity contribution in [3.63, 3.8) is 0 Å². The van der Waals surface area contributed by atoms with Gasteiger partial charge in [-0.3, -0.25) is 9.59 Å². The number of Topliss-reactive ketones (excluding diaryl/α,β-unsaturated/α-hetero) is 1. The number of rotatable bonds is 6. The molecular formula is C24H24N4O2. The highest BCUT2D eigenvalue weighted by molar-refractivity contribution is 6.09. The van der Waals surface area contributed by atoms with E-state index in [1.54, 1.807) is 12.4 Å². The zero-order valence-corrected chi connectivity index (χ0v) is 17.4. The van der Waals surface area contributed by atoms with Crippen LogP contribution in [0.3, 0.4) is 0 Å². The van der Waals surface area contributed by atoms with Crippen LogP contribution in [0.15, 0.2) is 53.8 Å². The third-order valence-corrected chi connectivity index (χ3v) is 5.56. The van der Waals surface area contributed by atoms with E-state index in [1.165, 1.54) is 6.33 Å². The number of ketones is 1. The molecule has 4 aromatic rings. The van der Waals surface area contributed by atoms with Crippen molar-refractivity contribution in [2.24, 2.45) is 0 Å². The van der Waals surface area contributed by atoms with Crippen molar-refractivity contribution in [3.05, 3.63) is 93.0 Å². The van der Waals surface area contributed by atoms with Crippen LogP contribution < -0.4 is 5.56 Å². The predicted molar refractivity (Wildman–Crippen MR) is 117 cm³/mol. The molecule has 0 unspecified atom stereocenters. The minimum absolute atomic E-state index is 0.0473. The number of H-pyrrole nitrogens is 1. The number of benzene rings is 1. The molecule has 0 amide bonds. The maximum Gasteiger partial charge on any atom is 0.251 e. The summed E-state index contributed by atoms with van der Waals surface area (Å²) >= 11 is 0. The van der Waals surface area contributed by atoms with Gasteiger partial charge < -0.3 is 9.55 Å². The largest absolute Gasteiger partial charge is 0.340 e. The van der Waals surface area contributed by atoms with Gasteiger partial charge in [0.25, 0.3) is 5.56 Å². The number of aromatic nitrogens is 4. The number of pyridine rings is 1.